The van der Waals surface area contributed by atoms with E-state index >= 15 is 0 Å². The molecule has 2 rings (SSSR count). The number of aryl methyl sites for hydroxylation is 1. The van der Waals surface area contributed by atoms with Gasteiger partial charge in [-0.1, -0.05) is 13.8 Å². The summed E-state index contributed by atoms with van der Waals surface area (Å²) in [7, 11) is 0. The van der Waals surface area contributed by atoms with Crippen molar-refractivity contribution in [3.8, 4) is 0 Å². The molecule has 2 aromatic heterocycles. The van der Waals surface area contributed by atoms with E-state index in [1.165, 1.54) is 6.33 Å². The molecular formula is C12H20N4. The number of aromatic nitrogens is 3. The molecule has 0 aliphatic carbocycles. The van der Waals surface area contributed by atoms with E-state index in [4.69, 9.17) is 5.73 Å². The van der Waals surface area contributed by atoms with E-state index in [0.717, 1.165) is 16.6 Å². The second-order valence-corrected chi connectivity index (χ2v) is 3.77. The number of fused-ring (bicyclic) bond motifs is 1. The first kappa shape index (κ1) is 12.5. The van der Waals surface area contributed by atoms with Gasteiger partial charge in [-0.25, -0.2) is 9.97 Å². The first-order valence-corrected chi connectivity index (χ1v) is 5.69. The van der Waals surface area contributed by atoms with E-state index in [1.807, 2.05) is 20.8 Å². The molecule has 0 aromatic carbocycles. The van der Waals surface area contributed by atoms with Crippen molar-refractivity contribution in [1.29, 1.82) is 0 Å². The molecule has 4 nitrogen and oxygen atoms in total. The smallest absolute Gasteiger partial charge is 0.151 e. The Kier molecular flexibility index (Phi) is 3.88. The van der Waals surface area contributed by atoms with E-state index in [9.17, 15) is 0 Å². The first-order chi connectivity index (χ1) is 7.61. The zero-order valence-electron chi connectivity index (χ0n) is 10.7. The average Bonchev–Trinajstić information content (AvgIpc) is 2.61. The molecule has 0 aliphatic rings. The molecule has 0 bridgehead atoms. The fraction of sp³-hybridized carbons (Fsp3) is 0.500. The van der Waals surface area contributed by atoms with Crippen LogP contribution in [0.15, 0.2) is 12.5 Å². The number of nitrogen functional groups attached to an aromatic ring is 1. The van der Waals surface area contributed by atoms with Gasteiger partial charge < -0.3 is 10.3 Å². The monoisotopic (exact) mass is 220 g/mol. The Labute approximate surface area is 96.5 Å². The van der Waals surface area contributed by atoms with Crippen molar-refractivity contribution in [2.45, 2.75) is 40.7 Å². The summed E-state index contributed by atoms with van der Waals surface area (Å²) in [6.07, 6.45) is 3.58. The molecule has 0 saturated heterocycles. The van der Waals surface area contributed by atoms with Crippen LogP contribution >= 0.6 is 0 Å². The normalized spacial score (nSPS) is 10.4. The summed E-state index contributed by atoms with van der Waals surface area (Å²) >= 11 is 0. The second-order valence-electron chi connectivity index (χ2n) is 3.77. The Balaban J connectivity index is 0.000000606. The van der Waals surface area contributed by atoms with Crippen molar-refractivity contribution >= 4 is 16.9 Å². The van der Waals surface area contributed by atoms with Gasteiger partial charge in [0, 0.05) is 12.2 Å². The summed E-state index contributed by atoms with van der Waals surface area (Å²) in [5.41, 5.74) is 8.87. The zero-order chi connectivity index (χ0) is 12.3. The van der Waals surface area contributed by atoms with Crippen LogP contribution in [-0.4, -0.2) is 14.5 Å². The van der Waals surface area contributed by atoms with Crippen LogP contribution in [0.4, 0.5) is 5.82 Å². The number of hydrogen-bond acceptors (Lipinski definition) is 3. The summed E-state index contributed by atoms with van der Waals surface area (Å²) in [6, 6.07) is 0.375. The molecule has 0 unspecified atom stereocenters. The largest absolute Gasteiger partial charge is 0.382 e. The van der Waals surface area contributed by atoms with Gasteiger partial charge in [0.05, 0.1) is 5.52 Å². The number of hydrogen-bond donors (Lipinski definition) is 1. The zero-order valence-corrected chi connectivity index (χ0v) is 10.7. The minimum atomic E-state index is 0.375. The lowest BCUT2D eigenvalue weighted by molar-refractivity contribution is 0.621. The van der Waals surface area contributed by atoms with Gasteiger partial charge in [-0.2, -0.15) is 0 Å². The summed E-state index contributed by atoms with van der Waals surface area (Å²) < 4.78 is 2.11. The molecule has 0 fully saturated rings. The van der Waals surface area contributed by atoms with Crippen molar-refractivity contribution < 1.29 is 0 Å². The summed E-state index contributed by atoms with van der Waals surface area (Å²) in [6.45, 7) is 10.3. The predicted molar refractivity (Wildman–Crippen MR) is 68.4 cm³/mol. The van der Waals surface area contributed by atoms with E-state index in [-0.39, 0.29) is 0 Å². The molecular weight excluding hydrogens is 200 g/mol. The molecule has 2 heterocycles. The Morgan fingerprint density at radius 1 is 1.25 bits per heavy atom. The summed E-state index contributed by atoms with van der Waals surface area (Å²) in [5, 5.41) is 0. The van der Waals surface area contributed by atoms with Crippen molar-refractivity contribution in [2.24, 2.45) is 0 Å². The Morgan fingerprint density at radius 2 is 1.88 bits per heavy atom. The first-order valence-electron chi connectivity index (χ1n) is 5.69. The maximum absolute atomic E-state index is 5.84. The molecule has 16 heavy (non-hydrogen) atoms. The highest BCUT2D eigenvalue weighted by Gasteiger charge is 2.11. The average molecular weight is 220 g/mol. The van der Waals surface area contributed by atoms with E-state index in [2.05, 4.69) is 34.6 Å². The standard InChI is InChI=1S/C10H14N4.C2H6/c1-6(2)14-4-7(3)8-9(14)10(11)13-5-12-8;1-2/h4-6H,1-3H3,(H2,11,12,13);1-2H3. The quantitative estimate of drug-likeness (QED) is 0.803. The molecule has 4 heteroatoms. The molecule has 0 amide bonds. The molecule has 0 aliphatic heterocycles. The molecule has 0 spiro atoms. The highest BCUT2D eigenvalue weighted by atomic mass is 15.1. The van der Waals surface area contributed by atoms with Crippen LogP contribution in [0.3, 0.4) is 0 Å². The maximum Gasteiger partial charge on any atom is 0.151 e. The van der Waals surface area contributed by atoms with Gasteiger partial charge in [0.15, 0.2) is 5.82 Å². The predicted octanol–water partition coefficient (Wildman–Crippen LogP) is 2.93. The number of nitrogens with two attached hydrogens (primary N) is 1. The lowest BCUT2D eigenvalue weighted by Crippen LogP contribution is -2.02. The van der Waals surface area contributed by atoms with Crippen molar-refractivity contribution in [2.75, 3.05) is 5.73 Å². The fourth-order valence-corrected chi connectivity index (χ4v) is 1.68. The summed E-state index contributed by atoms with van der Waals surface area (Å²) in [5.74, 6) is 0.553. The highest BCUT2D eigenvalue weighted by Crippen LogP contribution is 2.25. The number of rotatable bonds is 1. The third-order valence-corrected chi connectivity index (χ3v) is 2.37. The van der Waals surface area contributed by atoms with Gasteiger partial charge in [0.1, 0.15) is 11.8 Å². The van der Waals surface area contributed by atoms with Crippen LogP contribution in [0, 0.1) is 6.92 Å². The van der Waals surface area contributed by atoms with Crippen LogP contribution in [0.2, 0.25) is 0 Å². The topological polar surface area (TPSA) is 56.7 Å². The maximum atomic E-state index is 5.84. The summed E-state index contributed by atoms with van der Waals surface area (Å²) in [4.78, 5) is 8.24. The lowest BCUT2D eigenvalue weighted by atomic mass is 10.3. The van der Waals surface area contributed by atoms with Gasteiger partial charge in [0.2, 0.25) is 0 Å². The third-order valence-electron chi connectivity index (χ3n) is 2.37. The minimum absolute atomic E-state index is 0.375. The van der Waals surface area contributed by atoms with E-state index in [0.29, 0.717) is 11.9 Å². The molecule has 88 valence electrons. The molecule has 2 N–H and O–H groups in total. The SMILES string of the molecule is CC.Cc1cn(C(C)C)c2c(N)ncnc12. The van der Waals surface area contributed by atoms with E-state index < -0.39 is 0 Å². The lowest BCUT2D eigenvalue weighted by Gasteiger charge is -2.09. The highest BCUT2D eigenvalue weighted by molar-refractivity contribution is 5.87. The van der Waals surface area contributed by atoms with Crippen molar-refractivity contribution in [3.05, 3.63) is 18.1 Å². The van der Waals surface area contributed by atoms with Crippen molar-refractivity contribution in [3.63, 3.8) is 0 Å². The Hall–Kier alpha value is -1.58. The van der Waals surface area contributed by atoms with Crippen molar-refractivity contribution in [1.82, 2.24) is 14.5 Å². The number of anilines is 1. The van der Waals surface area contributed by atoms with Gasteiger partial charge in [0.25, 0.3) is 0 Å². The second kappa shape index (κ2) is 4.96. The van der Waals surface area contributed by atoms with Gasteiger partial charge >= 0.3 is 0 Å². The van der Waals surface area contributed by atoms with Crippen LogP contribution in [0.1, 0.15) is 39.3 Å². The number of nitrogens with zero attached hydrogens (tertiary/aromatic N) is 3. The third kappa shape index (κ3) is 2.01. The van der Waals surface area contributed by atoms with Gasteiger partial charge in [-0.15, -0.1) is 0 Å². The molecule has 2 aromatic rings. The van der Waals surface area contributed by atoms with E-state index in [1.54, 1.807) is 0 Å². The van der Waals surface area contributed by atoms with Crippen LogP contribution in [-0.2, 0) is 0 Å². The van der Waals surface area contributed by atoms with Crippen LogP contribution in [0.25, 0.3) is 11.0 Å². The molecule has 0 atom stereocenters. The van der Waals surface area contributed by atoms with Crippen LogP contribution in [0.5, 0.6) is 0 Å². The molecule has 0 radical (unpaired) electrons. The fourth-order valence-electron chi connectivity index (χ4n) is 1.68. The van der Waals surface area contributed by atoms with Gasteiger partial charge in [-0.05, 0) is 26.3 Å². The minimum Gasteiger partial charge on any atom is -0.382 e. The van der Waals surface area contributed by atoms with Crippen LogP contribution < -0.4 is 5.73 Å². The Morgan fingerprint density at radius 3 is 2.44 bits per heavy atom. The van der Waals surface area contributed by atoms with Gasteiger partial charge in [-0.3, -0.25) is 0 Å². The Bertz CT molecular complexity index is 471. The molecule has 0 saturated carbocycles.